The van der Waals surface area contributed by atoms with Gasteiger partial charge in [-0.15, -0.1) is 0 Å². The number of aryl methyl sites for hydroxylation is 1. The number of nitrogens with zero attached hydrogens (tertiary/aromatic N) is 3. The molecule has 9 heteroatoms. The Hall–Kier alpha value is -3.93. The second-order valence-electron chi connectivity index (χ2n) is 5.45. The van der Waals surface area contributed by atoms with Gasteiger partial charge in [0.15, 0.2) is 11.3 Å². The smallest absolute Gasteiger partial charge is 0.330 e. The van der Waals surface area contributed by atoms with Gasteiger partial charge in [-0.2, -0.15) is 5.26 Å². The molecule has 27 heavy (non-hydrogen) atoms. The minimum Gasteiger partial charge on any atom is -0.492 e. The van der Waals surface area contributed by atoms with Gasteiger partial charge in [0.25, 0.3) is 5.69 Å². The van der Waals surface area contributed by atoms with Crippen LogP contribution in [0.25, 0.3) is 11.6 Å². The predicted octanol–water partition coefficient (Wildman–Crippen LogP) is 3.89. The van der Waals surface area contributed by atoms with Gasteiger partial charge in [0.2, 0.25) is 5.75 Å². The van der Waals surface area contributed by atoms with Gasteiger partial charge in [-0.3, -0.25) is 20.2 Å². The molecular formula is C18H15N3O6. The molecule has 2 aromatic carbocycles. The Balaban J connectivity index is 2.90. The first kappa shape index (κ1) is 19.4. The average Bonchev–Trinajstić information content (AvgIpc) is 2.65. The third kappa shape index (κ3) is 3.85. The summed E-state index contributed by atoms with van der Waals surface area (Å²) in [6.45, 7) is 1.88. The first-order valence-electron chi connectivity index (χ1n) is 7.60. The van der Waals surface area contributed by atoms with Crippen molar-refractivity contribution >= 4 is 23.0 Å². The summed E-state index contributed by atoms with van der Waals surface area (Å²) < 4.78 is 10.0. The summed E-state index contributed by atoms with van der Waals surface area (Å²) in [4.78, 5) is 21.6. The molecule has 0 aliphatic carbocycles. The summed E-state index contributed by atoms with van der Waals surface area (Å²) in [5, 5.41) is 32.8. The van der Waals surface area contributed by atoms with Crippen molar-refractivity contribution in [2.24, 2.45) is 0 Å². The fraction of sp³-hybridized carbons (Fsp3) is 0.167. The second-order valence-corrected chi connectivity index (χ2v) is 5.45. The van der Waals surface area contributed by atoms with E-state index in [9.17, 15) is 25.5 Å². The van der Waals surface area contributed by atoms with E-state index >= 15 is 0 Å². The van der Waals surface area contributed by atoms with Crippen molar-refractivity contribution < 1.29 is 19.3 Å². The van der Waals surface area contributed by atoms with E-state index in [0.29, 0.717) is 5.56 Å². The molecule has 0 radical (unpaired) electrons. The lowest BCUT2D eigenvalue weighted by Gasteiger charge is -2.11. The van der Waals surface area contributed by atoms with Crippen LogP contribution in [0.15, 0.2) is 30.3 Å². The zero-order valence-corrected chi connectivity index (χ0v) is 14.8. The average molecular weight is 369 g/mol. The van der Waals surface area contributed by atoms with Crippen LogP contribution in [0.5, 0.6) is 11.5 Å². The summed E-state index contributed by atoms with van der Waals surface area (Å²) in [5.74, 6) is -0.472. The summed E-state index contributed by atoms with van der Waals surface area (Å²) in [5.41, 5.74) is -0.462. The molecule has 0 spiro atoms. The molecule has 0 bridgehead atoms. The zero-order valence-electron chi connectivity index (χ0n) is 14.8. The number of benzene rings is 2. The molecule has 0 saturated carbocycles. The number of methoxy groups -OCH3 is 2. The molecule has 0 saturated heterocycles. The van der Waals surface area contributed by atoms with Crippen LogP contribution in [0.4, 0.5) is 11.4 Å². The van der Waals surface area contributed by atoms with E-state index in [4.69, 9.17) is 9.47 Å². The van der Waals surface area contributed by atoms with E-state index in [1.807, 2.05) is 13.0 Å². The second kappa shape index (κ2) is 7.97. The third-order valence-electron chi connectivity index (χ3n) is 3.78. The number of ether oxygens (including phenoxy) is 2. The van der Waals surface area contributed by atoms with Crippen molar-refractivity contribution in [1.82, 2.24) is 0 Å². The number of nitriles is 1. The number of allylic oxidation sites excluding steroid dienone is 1. The molecule has 0 N–H and O–H groups in total. The topological polar surface area (TPSA) is 129 Å². The Morgan fingerprint density at radius 3 is 2.19 bits per heavy atom. The highest BCUT2D eigenvalue weighted by Gasteiger charge is 2.36. The van der Waals surface area contributed by atoms with E-state index in [1.54, 1.807) is 24.3 Å². The lowest BCUT2D eigenvalue weighted by Crippen LogP contribution is -2.05. The Morgan fingerprint density at radius 2 is 1.74 bits per heavy atom. The Bertz CT molecular complexity index is 974. The maximum absolute atomic E-state index is 11.7. The number of nitro benzene ring substituents is 2. The molecule has 138 valence electrons. The molecule has 0 aliphatic rings. The van der Waals surface area contributed by atoms with E-state index < -0.39 is 26.8 Å². The molecule has 2 rings (SSSR count). The lowest BCUT2D eigenvalue weighted by atomic mass is 9.98. The van der Waals surface area contributed by atoms with E-state index in [1.165, 1.54) is 20.3 Å². The molecule has 0 amide bonds. The number of hydrogen-bond donors (Lipinski definition) is 0. The maximum atomic E-state index is 11.7. The maximum Gasteiger partial charge on any atom is 0.330 e. The fourth-order valence-corrected chi connectivity index (χ4v) is 2.54. The summed E-state index contributed by atoms with van der Waals surface area (Å²) in [6, 6.07) is 9.80. The molecule has 0 aromatic heterocycles. The highest BCUT2D eigenvalue weighted by molar-refractivity contribution is 5.97. The molecule has 0 unspecified atom stereocenters. The van der Waals surface area contributed by atoms with Gasteiger partial charge in [0, 0.05) is 0 Å². The van der Waals surface area contributed by atoms with Crippen molar-refractivity contribution in [3.63, 3.8) is 0 Å². The van der Waals surface area contributed by atoms with Gasteiger partial charge in [-0.1, -0.05) is 29.8 Å². The van der Waals surface area contributed by atoms with Crippen LogP contribution >= 0.6 is 0 Å². The Morgan fingerprint density at radius 1 is 1.11 bits per heavy atom. The standard InChI is InChI=1S/C18H15N3O6/c1-11-4-6-12(7-5-11)8-13(10-19)16-14(20(22)23)9-15(26-2)18(27-3)17(16)21(24)25/h4-9H,1-3H3. The SMILES string of the molecule is COc1cc([N+](=O)[O-])c(C(C#N)=Cc2ccc(C)cc2)c([N+](=O)[O-])c1OC. The van der Waals surface area contributed by atoms with Crippen LogP contribution in [0.2, 0.25) is 0 Å². The molecular weight excluding hydrogens is 354 g/mol. The molecule has 9 nitrogen and oxygen atoms in total. The Labute approximate surface area is 154 Å². The van der Waals surface area contributed by atoms with Crippen LogP contribution in [0.3, 0.4) is 0 Å². The van der Waals surface area contributed by atoms with Crippen molar-refractivity contribution in [3.8, 4) is 17.6 Å². The van der Waals surface area contributed by atoms with Crippen molar-refractivity contribution in [1.29, 1.82) is 5.26 Å². The zero-order chi connectivity index (χ0) is 20.1. The van der Waals surface area contributed by atoms with Crippen LogP contribution in [-0.2, 0) is 0 Å². The first-order chi connectivity index (χ1) is 12.8. The van der Waals surface area contributed by atoms with Gasteiger partial charge in [-0.25, -0.2) is 0 Å². The number of rotatable bonds is 6. The monoisotopic (exact) mass is 369 g/mol. The van der Waals surface area contributed by atoms with E-state index in [0.717, 1.165) is 11.6 Å². The highest BCUT2D eigenvalue weighted by atomic mass is 16.6. The molecule has 0 heterocycles. The van der Waals surface area contributed by atoms with Crippen LogP contribution < -0.4 is 9.47 Å². The van der Waals surface area contributed by atoms with Crippen molar-refractivity contribution in [3.05, 3.63) is 67.3 Å². The van der Waals surface area contributed by atoms with E-state index in [-0.39, 0.29) is 17.1 Å². The predicted molar refractivity (Wildman–Crippen MR) is 97.5 cm³/mol. The summed E-state index contributed by atoms with van der Waals surface area (Å²) in [6.07, 6.45) is 1.35. The largest absolute Gasteiger partial charge is 0.492 e. The summed E-state index contributed by atoms with van der Waals surface area (Å²) >= 11 is 0. The number of hydrogen-bond acceptors (Lipinski definition) is 7. The van der Waals surface area contributed by atoms with Gasteiger partial charge < -0.3 is 9.47 Å². The van der Waals surface area contributed by atoms with Crippen molar-refractivity contribution in [2.45, 2.75) is 6.92 Å². The fourth-order valence-electron chi connectivity index (χ4n) is 2.54. The quantitative estimate of drug-likeness (QED) is 0.327. The van der Waals surface area contributed by atoms with E-state index in [2.05, 4.69) is 0 Å². The lowest BCUT2D eigenvalue weighted by molar-refractivity contribution is -0.395. The molecule has 0 atom stereocenters. The van der Waals surface area contributed by atoms with Crippen LogP contribution in [0.1, 0.15) is 16.7 Å². The highest BCUT2D eigenvalue weighted by Crippen LogP contribution is 2.47. The Kier molecular flexibility index (Phi) is 5.72. The normalized spacial score (nSPS) is 10.8. The molecule has 0 aliphatic heterocycles. The van der Waals surface area contributed by atoms with Crippen LogP contribution in [-0.4, -0.2) is 24.1 Å². The third-order valence-corrected chi connectivity index (χ3v) is 3.78. The molecule has 2 aromatic rings. The first-order valence-corrected chi connectivity index (χ1v) is 7.60. The van der Waals surface area contributed by atoms with Gasteiger partial charge in [0.05, 0.1) is 35.7 Å². The number of nitro groups is 2. The molecule has 0 fully saturated rings. The summed E-state index contributed by atoms with van der Waals surface area (Å²) in [7, 11) is 2.38. The van der Waals surface area contributed by atoms with Gasteiger partial charge >= 0.3 is 5.69 Å². The van der Waals surface area contributed by atoms with Crippen molar-refractivity contribution in [2.75, 3.05) is 14.2 Å². The van der Waals surface area contributed by atoms with Gasteiger partial charge in [0.1, 0.15) is 6.07 Å². The minimum atomic E-state index is -0.829. The van der Waals surface area contributed by atoms with Crippen LogP contribution in [0, 0.1) is 38.5 Å². The minimum absolute atomic E-state index is 0.174. The van der Waals surface area contributed by atoms with Gasteiger partial charge in [-0.05, 0) is 18.6 Å².